The van der Waals surface area contributed by atoms with E-state index in [0.717, 1.165) is 24.2 Å². The Morgan fingerprint density at radius 3 is 2.69 bits per heavy atom. The van der Waals surface area contributed by atoms with Crippen LogP contribution in [0.3, 0.4) is 0 Å². The molecular formula is C25H31Cl2FN4O4. The average Bonchev–Trinajstić information content (AvgIpc) is 2.85. The second-order valence-electron chi connectivity index (χ2n) is 8.89. The number of likely N-dealkylation sites (tertiary alicyclic amines) is 1. The van der Waals surface area contributed by atoms with Crippen molar-refractivity contribution in [3.63, 3.8) is 0 Å². The molecule has 1 saturated heterocycles. The molecular weight excluding hydrogens is 510 g/mol. The van der Waals surface area contributed by atoms with Crippen molar-refractivity contribution in [1.82, 2.24) is 19.8 Å². The Bertz CT molecular complexity index is 1230. The van der Waals surface area contributed by atoms with Crippen LogP contribution in [0, 0.1) is 11.7 Å². The first-order valence-corrected chi connectivity index (χ1v) is 11.7. The van der Waals surface area contributed by atoms with E-state index in [2.05, 4.69) is 15.2 Å². The second kappa shape index (κ2) is 12.7. The Morgan fingerprint density at radius 1 is 1.08 bits per heavy atom. The molecule has 2 N–H and O–H groups in total. The second-order valence-corrected chi connectivity index (χ2v) is 8.89. The Kier molecular flexibility index (Phi) is 9.92. The van der Waals surface area contributed by atoms with Crippen LogP contribution >= 0.6 is 24.8 Å². The number of benzene rings is 1. The zero-order valence-electron chi connectivity index (χ0n) is 19.8. The predicted molar refractivity (Wildman–Crippen MR) is 140 cm³/mol. The van der Waals surface area contributed by atoms with Crippen LogP contribution < -0.4 is 20.3 Å². The average molecular weight is 541 g/mol. The summed E-state index contributed by atoms with van der Waals surface area (Å²) < 4.78 is 26.5. The molecule has 0 radical (unpaired) electrons. The Labute approximate surface area is 221 Å². The van der Waals surface area contributed by atoms with Crippen molar-refractivity contribution < 1.29 is 19.0 Å². The van der Waals surface area contributed by atoms with Gasteiger partial charge in [-0.3, -0.25) is 9.78 Å². The van der Waals surface area contributed by atoms with E-state index < -0.39 is 0 Å². The number of piperidine rings is 1. The van der Waals surface area contributed by atoms with Gasteiger partial charge in [0.2, 0.25) is 0 Å². The standard InChI is InChI=1S/C25H29FN4O4.2ClH/c26-19-3-1-17-2-4-25(32)30(21(17)11-19)8-7-29-6-5-22(31)18(16-29)13-27-14-20-12-23-24(15-28-20)34-10-9-33-23;;/h1-4,11-12,15,18,22,27,31H,5-10,13-14,16H2;2*1H/t18-,22+;;/m0../s1. The minimum absolute atomic E-state index is 0. The van der Waals surface area contributed by atoms with Crippen LogP contribution in [-0.2, 0) is 13.1 Å². The highest BCUT2D eigenvalue weighted by Crippen LogP contribution is 2.29. The number of aliphatic hydroxyl groups excluding tert-OH is 1. The van der Waals surface area contributed by atoms with Crippen LogP contribution in [0.5, 0.6) is 11.5 Å². The summed E-state index contributed by atoms with van der Waals surface area (Å²) in [6.07, 6.45) is 1.98. The summed E-state index contributed by atoms with van der Waals surface area (Å²) in [5.74, 6) is 1.09. The molecule has 0 amide bonds. The van der Waals surface area contributed by atoms with Gasteiger partial charge >= 0.3 is 0 Å². The highest BCUT2D eigenvalue weighted by atomic mass is 35.5. The fourth-order valence-corrected chi connectivity index (χ4v) is 4.70. The van der Waals surface area contributed by atoms with Crippen molar-refractivity contribution >= 4 is 35.7 Å². The lowest BCUT2D eigenvalue weighted by Crippen LogP contribution is -2.48. The summed E-state index contributed by atoms with van der Waals surface area (Å²) in [5.41, 5.74) is 1.32. The Morgan fingerprint density at radius 2 is 1.86 bits per heavy atom. The third-order valence-electron chi connectivity index (χ3n) is 6.57. The topological polar surface area (TPSA) is 88.9 Å². The fourth-order valence-electron chi connectivity index (χ4n) is 4.70. The number of aromatic nitrogens is 2. The molecule has 0 aliphatic carbocycles. The number of hydrogen-bond donors (Lipinski definition) is 2. The van der Waals surface area contributed by atoms with Crippen molar-refractivity contribution in [2.75, 3.05) is 39.4 Å². The maximum absolute atomic E-state index is 13.8. The number of aliphatic hydroxyl groups is 1. The largest absolute Gasteiger partial charge is 0.486 e. The van der Waals surface area contributed by atoms with Crippen LogP contribution in [0.2, 0.25) is 0 Å². The molecule has 11 heteroatoms. The zero-order valence-corrected chi connectivity index (χ0v) is 21.4. The highest BCUT2D eigenvalue weighted by molar-refractivity contribution is 5.85. The quantitative estimate of drug-likeness (QED) is 0.476. The summed E-state index contributed by atoms with van der Waals surface area (Å²) in [6.45, 7) is 4.89. The van der Waals surface area contributed by atoms with Gasteiger partial charge in [0.1, 0.15) is 19.0 Å². The third kappa shape index (κ3) is 6.46. The molecule has 2 aliphatic rings. The van der Waals surface area contributed by atoms with Gasteiger partial charge in [-0.2, -0.15) is 0 Å². The van der Waals surface area contributed by atoms with E-state index in [-0.39, 0.29) is 48.2 Å². The van der Waals surface area contributed by atoms with Crippen LogP contribution in [-0.4, -0.2) is 65.1 Å². The van der Waals surface area contributed by atoms with Crippen molar-refractivity contribution in [2.45, 2.75) is 25.6 Å². The summed E-state index contributed by atoms with van der Waals surface area (Å²) >= 11 is 0. The number of hydrogen-bond acceptors (Lipinski definition) is 7. The van der Waals surface area contributed by atoms with Gasteiger partial charge in [-0.1, -0.05) is 0 Å². The molecule has 0 unspecified atom stereocenters. The number of pyridine rings is 2. The lowest BCUT2D eigenvalue weighted by molar-refractivity contribution is 0.0257. The molecule has 2 atom stereocenters. The molecule has 1 fully saturated rings. The van der Waals surface area contributed by atoms with Gasteiger partial charge in [0.25, 0.3) is 5.56 Å². The van der Waals surface area contributed by atoms with Crippen LogP contribution in [0.4, 0.5) is 4.39 Å². The van der Waals surface area contributed by atoms with Gasteiger partial charge in [-0.05, 0) is 36.1 Å². The molecule has 0 bridgehead atoms. The molecule has 2 aromatic heterocycles. The van der Waals surface area contributed by atoms with Crippen molar-refractivity contribution in [3.05, 3.63) is 64.5 Å². The molecule has 3 aromatic rings. The third-order valence-corrected chi connectivity index (χ3v) is 6.57. The lowest BCUT2D eigenvalue weighted by atomic mass is 9.94. The molecule has 5 rings (SSSR count). The van der Waals surface area contributed by atoms with E-state index in [9.17, 15) is 14.3 Å². The number of halogens is 3. The first-order chi connectivity index (χ1) is 16.6. The molecule has 1 aromatic carbocycles. The Hall–Kier alpha value is -2.43. The minimum Gasteiger partial charge on any atom is -0.486 e. The molecule has 8 nitrogen and oxygen atoms in total. The number of ether oxygens (including phenoxy) is 2. The van der Waals surface area contributed by atoms with Gasteiger partial charge in [0.15, 0.2) is 11.5 Å². The van der Waals surface area contributed by atoms with Gasteiger partial charge in [0, 0.05) is 57.3 Å². The lowest BCUT2D eigenvalue weighted by Gasteiger charge is -2.36. The van der Waals surface area contributed by atoms with Crippen LogP contribution in [0.25, 0.3) is 10.9 Å². The van der Waals surface area contributed by atoms with E-state index in [0.29, 0.717) is 62.8 Å². The summed E-state index contributed by atoms with van der Waals surface area (Å²) in [5, 5.41) is 14.8. The van der Waals surface area contributed by atoms with E-state index >= 15 is 0 Å². The first-order valence-electron chi connectivity index (χ1n) is 11.7. The monoisotopic (exact) mass is 540 g/mol. The number of nitrogens with zero attached hydrogens (tertiary/aromatic N) is 3. The minimum atomic E-state index is -0.383. The molecule has 4 heterocycles. The van der Waals surface area contributed by atoms with Crippen molar-refractivity contribution in [2.24, 2.45) is 5.92 Å². The van der Waals surface area contributed by atoms with Crippen LogP contribution in [0.15, 0.2) is 47.4 Å². The smallest absolute Gasteiger partial charge is 0.251 e. The van der Waals surface area contributed by atoms with Crippen LogP contribution in [0.1, 0.15) is 12.1 Å². The summed E-state index contributed by atoms with van der Waals surface area (Å²) in [4.78, 5) is 19.1. The highest BCUT2D eigenvalue weighted by Gasteiger charge is 2.27. The molecule has 0 saturated carbocycles. The van der Waals surface area contributed by atoms with E-state index in [4.69, 9.17) is 9.47 Å². The van der Waals surface area contributed by atoms with Gasteiger partial charge in [-0.25, -0.2) is 4.39 Å². The van der Waals surface area contributed by atoms with Crippen molar-refractivity contribution in [3.8, 4) is 11.5 Å². The van der Waals surface area contributed by atoms with Gasteiger partial charge in [-0.15, -0.1) is 24.8 Å². The number of fused-ring (bicyclic) bond motifs is 2. The zero-order chi connectivity index (χ0) is 23.5. The van der Waals surface area contributed by atoms with Crippen molar-refractivity contribution in [1.29, 1.82) is 0 Å². The van der Waals surface area contributed by atoms with E-state index in [1.807, 2.05) is 6.07 Å². The molecule has 36 heavy (non-hydrogen) atoms. The maximum atomic E-state index is 13.8. The summed E-state index contributed by atoms with van der Waals surface area (Å²) in [7, 11) is 0. The normalized spacial score (nSPS) is 19.4. The summed E-state index contributed by atoms with van der Waals surface area (Å²) in [6, 6.07) is 9.64. The maximum Gasteiger partial charge on any atom is 0.251 e. The fraction of sp³-hybridized carbons (Fsp3) is 0.440. The van der Waals surface area contributed by atoms with E-state index in [1.165, 1.54) is 18.2 Å². The molecule has 0 spiro atoms. The number of rotatable bonds is 7. The van der Waals surface area contributed by atoms with Gasteiger partial charge < -0.3 is 29.4 Å². The van der Waals surface area contributed by atoms with Gasteiger partial charge in [0.05, 0.1) is 23.5 Å². The SMILES string of the molecule is Cl.Cl.O=c1ccc2ccc(F)cc2n1CCN1CC[C@@H](O)[C@@H](CNCc2cc3c(cn2)OCCO3)C1. The Balaban J connectivity index is 0.00000180. The number of nitrogens with one attached hydrogen (secondary N) is 1. The molecule has 196 valence electrons. The van der Waals surface area contributed by atoms with E-state index in [1.54, 1.807) is 22.9 Å². The predicted octanol–water partition coefficient (Wildman–Crippen LogP) is 2.62. The first kappa shape index (κ1) is 28.1. The molecule has 2 aliphatic heterocycles.